The molecule has 0 saturated carbocycles. The molecular weight excluding hydrogens is 372 g/mol. The number of rotatable bonds is 5. The molecule has 4 rings (SSSR count). The van der Waals surface area contributed by atoms with Crippen LogP contribution in [0.25, 0.3) is 22.4 Å². The standard InChI is InChI=1S/C21H20N4O4/c1-12-21(26)25(2)16-7-6-14(11-15(16)22-12)20-23-19(29-24-20)10-13-5-8-17(27-3)18(9-13)28-4/h5-9,11H,10H2,1-4H3. The number of fused-ring (bicyclic) bond motifs is 1. The van der Waals surface area contributed by atoms with Gasteiger partial charge in [0.2, 0.25) is 11.7 Å². The first-order valence-electron chi connectivity index (χ1n) is 9.01. The van der Waals surface area contributed by atoms with Crippen LogP contribution in [-0.2, 0) is 13.5 Å². The van der Waals surface area contributed by atoms with Gasteiger partial charge in [0.05, 0.1) is 31.7 Å². The normalized spacial score (nSPS) is 11.0. The maximum absolute atomic E-state index is 12.0. The van der Waals surface area contributed by atoms with Gasteiger partial charge in [0.1, 0.15) is 5.69 Å². The van der Waals surface area contributed by atoms with E-state index in [1.54, 1.807) is 32.8 Å². The second-order valence-electron chi connectivity index (χ2n) is 6.64. The minimum atomic E-state index is -0.109. The molecule has 0 saturated heterocycles. The highest BCUT2D eigenvalue weighted by atomic mass is 16.5. The van der Waals surface area contributed by atoms with E-state index in [2.05, 4.69) is 15.1 Å². The Morgan fingerprint density at radius 1 is 1.03 bits per heavy atom. The van der Waals surface area contributed by atoms with E-state index in [1.165, 1.54) is 0 Å². The summed E-state index contributed by atoms with van der Waals surface area (Å²) in [5.74, 6) is 2.26. The van der Waals surface area contributed by atoms with E-state index in [0.29, 0.717) is 40.8 Å². The maximum atomic E-state index is 12.0. The van der Waals surface area contributed by atoms with E-state index in [-0.39, 0.29) is 5.56 Å². The molecule has 2 aromatic heterocycles. The van der Waals surface area contributed by atoms with Crippen molar-refractivity contribution in [2.75, 3.05) is 14.2 Å². The maximum Gasteiger partial charge on any atom is 0.272 e. The molecule has 2 heterocycles. The predicted octanol–water partition coefficient (Wildman–Crippen LogP) is 2.90. The van der Waals surface area contributed by atoms with Crippen LogP contribution in [0.1, 0.15) is 17.1 Å². The van der Waals surface area contributed by atoms with Crippen molar-refractivity contribution in [3.05, 3.63) is 63.9 Å². The fourth-order valence-corrected chi connectivity index (χ4v) is 3.23. The van der Waals surface area contributed by atoms with Crippen LogP contribution < -0.4 is 15.0 Å². The summed E-state index contributed by atoms with van der Waals surface area (Å²) in [5.41, 5.74) is 3.52. The van der Waals surface area contributed by atoms with Crippen LogP contribution in [0.2, 0.25) is 0 Å². The Kier molecular flexibility index (Phi) is 4.75. The molecule has 0 bridgehead atoms. The minimum absolute atomic E-state index is 0.109. The van der Waals surface area contributed by atoms with E-state index in [4.69, 9.17) is 14.0 Å². The number of aryl methyl sites for hydroxylation is 2. The van der Waals surface area contributed by atoms with Gasteiger partial charge >= 0.3 is 0 Å². The van der Waals surface area contributed by atoms with Gasteiger partial charge in [0.15, 0.2) is 11.5 Å². The third-order valence-electron chi connectivity index (χ3n) is 4.77. The summed E-state index contributed by atoms with van der Waals surface area (Å²) >= 11 is 0. The average Bonchev–Trinajstić information content (AvgIpc) is 3.20. The quantitative estimate of drug-likeness (QED) is 0.516. The molecule has 8 heteroatoms. The Labute approximate surface area is 166 Å². The zero-order valence-corrected chi connectivity index (χ0v) is 16.6. The largest absolute Gasteiger partial charge is 0.493 e. The number of methoxy groups -OCH3 is 2. The first kappa shape index (κ1) is 18.7. The van der Waals surface area contributed by atoms with Crippen LogP contribution in [0.15, 0.2) is 45.7 Å². The van der Waals surface area contributed by atoms with Crippen LogP contribution in [-0.4, -0.2) is 33.9 Å². The minimum Gasteiger partial charge on any atom is -0.493 e. The molecule has 0 N–H and O–H groups in total. The molecule has 0 atom stereocenters. The second-order valence-corrected chi connectivity index (χ2v) is 6.64. The number of hydrogen-bond acceptors (Lipinski definition) is 7. The monoisotopic (exact) mass is 392 g/mol. The molecule has 148 valence electrons. The summed E-state index contributed by atoms with van der Waals surface area (Å²) in [7, 11) is 4.92. The highest BCUT2D eigenvalue weighted by Gasteiger charge is 2.13. The average molecular weight is 392 g/mol. The van der Waals surface area contributed by atoms with E-state index in [9.17, 15) is 4.79 Å². The van der Waals surface area contributed by atoms with Crippen LogP contribution in [0.3, 0.4) is 0 Å². The van der Waals surface area contributed by atoms with E-state index < -0.39 is 0 Å². The van der Waals surface area contributed by atoms with E-state index in [1.807, 2.05) is 36.4 Å². The zero-order valence-electron chi connectivity index (χ0n) is 16.6. The SMILES string of the molecule is COc1ccc(Cc2nc(-c3ccc4c(c3)nc(C)c(=O)n4C)no2)cc1OC. The summed E-state index contributed by atoms with van der Waals surface area (Å²) in [5, 5.41) is 4.09. The predicted molar refractivity (Wildman–Crippen MR) is 107 cm³/mol. The summed E-state index contributed by atoms with van der Waals surface area (Å²) in [6.45, 7) is 1.70. The van der Waals surface area contributed by atoms with Gasteiger partial charge in [0.25, 0.3) is 5.56 Å². The Balaban J connectivity index is 1.64. The molecule has 0 aliphatic rings. The van der Waals surface area contributed by atoms with Crippen molar-refractivity contribution in [1.82, 2.24) is 19.7 Å². The molecule has 0 unspecified atom stereocenters. The fourth-order valence-electron chi connectivity index (χ4n) is 3.23. The van der Waals surface area contributed by atoms with Gasteiger partial charge in [-0.25, -0.2) is 4.98 Å². The molecule has 0 radical (unpaired) electrons. The Morgan fingerprint density at radius 2 is 1.83 bits per heavy atom. The van der Waals surface area contributed by atoms with Gasteiger partial charge in [-0.3, -0.25) is 4.79 Å². The first-order valence-corrected chi connectivity index (χ1v) is 9.01. The van der Waals surface area contributed by atoms with Crippen molar-refractivity contribution >= 4 is 11.0 Å². The lowest BCUT2D eigenvalue weighted by molar-refractivity contribution is 0.354. The summed E-state index contributed by atoms with van der Waals surface area (Å²) < 4.78 is 17.6. The number of nitrogens with zero attached hydrogens (tertiary/aromatic N) is 4. The Morgan fingerprint density at radius 3 is 2.59 bits per heavy atom. The molecule has 8 nitrogen and oxygen atoms in total. The lowest BCUT2D eigenvalue weighted by Crippen LogP contribution is -2.21. The Bertz CT molecular complexity index is 1260. The molecule has 0 spiro atoms. The molecule has 0 amide bonds. The van der Waals surface area contributed by atoms with Gasteiger partial charge in [-0.15, -0.1) is 0 Å². The molecular formula is C21H20N4O4. The highest BCUT2D eigenvalue weighted by Crippen LogP contribution is 2.28. The third-order valence-corrected chi connectivity index (χ3v) is 4.77. The Hall–Kier alpha value is -3.68. The fraction of sp³-hybridized carbons (Fsp3) is 0.238. The van der Waals surface area contributed by atoms with E-state index in [0.717, 1.165) is 16.6 Å². The van der Waals surface area contributed by atoms with Crippen molar-refractivity contribution in [2.45, 2.75) is 13.3 Å². The number of aromatic nitrogens is 4. The summed E-state index contributed by atoms with van der Waals surface area (Å²) in [4.78, 5) is 20.9. The van der Waals surface area contributed by atoms with Gasteiger partial charge in [0, 0.05) is 12.6 Å². The van der Waals surface area contributed by atoms with Crippen molar-refractivity contribution in [3.8, 4) is 22.9 Å². The van der Waals surface area contributed by atoms with Crippen molar-refractivity contribution < 1.29 is 14.0 Å². The molecule has 2 aromatic carbocycles. The summed E-state index contributed by atoms with van der Waals surface area (Å²) in [6, 6.07) is 11.2. The van der Waals surface area contributed by atoms with Gasteiger partial charge in [-0.2, -0.15) is 4.98 Å². The topological polar surface area (TPSA) is 92.3 Å². The van der Waals surface area contributed by atoms with Crippen LogP contribution in [0.5, 0.6) is 11.5 Å². The lowest BCUT2D eigenvalue weighted by atomic mass is 10.1. The van der Waals surface area contributed by atoms with Crippen LogP contribution >= 0.6 is 0 Å². The molecule has 29 heavy (non-hydrogen) atoms. The highest BCUT2D eigenvalue weighted by molar-refractivity contribution is 5.80. The number of hydrogen-bond donors (Lipinski definition) is 0. The van der Waals surface area contributed by atoms with Crippen molar-refractivity contribution in [1.29, 1.82) is 0 Å². The number of ether oxygens (including phenoxy) is 2. The summed E-state index contributed by atoms with van der Waals surface area (Å²) in [6.07, 6.45) is 0.465. The smallest absolute Gasteiger partial charge is 0.272 e. The lowest BCUT2D eigenvalue weighted by Gasteiger charge is -2.08. The van der Waals surface area contributed by atoms with Gasteiger partial charge in [-0.05, 0) is 42.8 Å². The number of benzene rings is 2. The third kappa shape index (κ3) is 3.44. The van der Waals surface area contributed by atoms with Crippen molar-refractivity contribution in [2.24, 2.45) is 7.05 Å². The van der Waals surface area contributed by atoms with Crippen molar-refractivity contribution in [3.63, 3.8) is 0 Å². The van der Waals surface area contributed by atoms with Crippen LogP contribution in [0, 0.1) is 6.92 Å². The van der Waals surface area contributed by atoms with Crippen LogP contribution in [0.4, 0.5) is 0 Å². The zero-order chi connectivity index (χ0) is 20.5. The van der Waals surface area contributed by atoms with Gasteiger partial charge in [-0.1, -0.05) is 11.2 Å². The molecule has 0 fully saturated rings. The van der Waals surface area contributed by atoms with Gasteiger partial charge < -0.3 is 18.6 Å². The first-order chi connectivity index (χ1) is 14.0. The molecule has 0 aliphatic heterocycles. The molecule has 4 aromatic rings. The van der Waals surface area contributed by atoms with E-state index >= 15 is 0 Å². The molecule has 0 aliphatic carbocycles. The second kappa shape index (κ2) is 7.38.